The van der Waals surface area contributed by atoms with E-state index >= 15 is 0 Å². The number of hydrogen-bond acceptors (Lipinski definition) is 6. The number of carbonyl (C=O) groups excluding carboxylic acids is 1. The maximum atomic E-state index is 12.7. The highest BCUT2D eigenvalue weighted by Crippen LogP contribution is 2.47. The van der Waals surface area contributed by atoms with Gasteiger partial charge in [-0.05, 0) is 37.1 Å². The van der Waals surface area contributed by atoms with Crippen molar-refractivity contribution in [3.05, 3.63) is 53.0 Å². The Morgan fingerprint density at radius 2 is 2.10 bits per heavy atom. The first-order chi connectivity index (χ1) is 15.1. The van der Waals surface area contributed by atoms with Crippen LogP contribution in [0.5, 0.6) is 5.75 Å². The Balaban J connectivity index is 1.19. The summed E-state index contributed by atoms with van der Waals surface area (Å²) in [5.41, 5.74) is 4.70. The molecule has 158 valence electrons. The molecule has 0 bridgehead atoms. The van der Waals surface area contributed by atoms with E-state index in [1.165, 1.54) is 0 Å². The lowest BCUT2D eigenvalue weighted by atomic mass is 10.1. The second-order valence-electron chi connectivity index (χ2n) is 8.57. The molecular formula is C22H23N7O2. The summed E-state index contributed by atoms with van der Waals surface area (Å²) >= 11 is 0. The molecule has 9 heteroatoms. The van der Waals surface area contributed by atoms with Gasteiger partial charge in [0.15, 0.2) is 0 Å². The third-order valence-electron chi connectivity index (χ3n) is 6.24. The van der Waals surface area contributed by atoms with Crippen LogP contribution in [0.15, 0.2) is 46.6 Å². The van der Waals surface area contributed by atoms with Crippen molar-refractivity contribution in [3.63, 3.8) is 0 Å². The Hall–Kier alpha value is -3.59. The molecule has 0 radical (unpaired) electrons. The molecule has 31 heavy (non-hydrogen) atoms. The highest BCUT2D eigenvalue weighted by Gasteiger charge is 2.41. The van der Waals surface area contributed by atoms with Gasteiger partial charge in [0, 0.05) is 46.7 Å². The third kappa shape index (κ3) is 3.27. The Kier molecular flexibility index (Phi) is 3.94. The molecule has 9 nitrogen and oxygen atoms in total. The lowest BCUT2D eigenvalue weighted by Crippen LogP contribution is -2.27. The van der Waals surface area contributed by atoms with E-state index in [0.29, 0.717) is 29.8 Å². The number of nitrogens with one attached hydrogen (secondary N) is 5. The first kappa shape index (κ1) is 18.2. The largest absolute Gasteiger partial charge is 0.439 e. The number of fused-ring (bicyclic) bond motifs is 1. The predicted octanol–water partition coefficient (Wildman–Crippen LogP) is 2.39. The van der Waals surface area contributed by atoms with Crippen molar-refractivity contribution in [3.8, 4) is 5.75 Å². The highest BCUT2D eigenvalue weighted by atomic mass is 16.5. The van der Waals surface area contributed by atoms with Gasteiger partial charge in [0.2, 0.25) is 5.90 Å². The summed E-state index contributed by atoms with van der Waals surface area (Å²) in [5, 5.41) is 17.6. The summed E-state index contributed by atoms with van der Waals surface area (Å²) in [6.45, 7) is 4.25. The first-order valence-corrected chi connectivity index (χ1v) is 10.5. The van der Waals surface area contributed by atoms with Crippen molar-refractivity contribution < 1.29 is 9.53 Å². The van der Waals surface area contributed by atoms with E-state index in [0.717, 1.165) is 53.8 Å². The van der Waals surface area contributed by atoms with E-state index in [2.05, 4.69) is 43.0 Å². The highest BCUT2D eigenvalue weighted by molar-refractivity contribution is 6.05. The van der Waals surface area contributed by atoms with Gasteiger partial charge in [0.1, 0.15) is 23.9 Å². The fourth-order valence-corrected chi connectivity index (χ4v) is 4.03. The number of amides is 1. The molecule has 1 fully saturated rings. The standard InChI is InChI=1S/C22H23N7O2/c1-22(4-5-22)18-8-19(29-28-18)27-20(30)16-7-12-6-13(2-3-15(12)26-16)31-21-14-9-23-10-17(14)24-11-25-21/h2-3,6-8,23-24,26H,4-5,9-11H2,1H3,(H2,27,28,29,30). The van der Waals surface area contributed by atoms with Gasteiger partial charge in [-0.1, -0.05) is 6.92 Å². The zero-order valence-electron chi connectivity index (χ0n) is 17.1. The number of nitrogens with zero attached hydrogens (tertiary/aromatic N) is 2. The summed E-state index contributed by atoms with van der Waals surface area (Å²) < 4.78 is 6.07. The number of benzene rings is 1. The maximum Gasteiger partial charge on any atom is 0.273 e. The van der Waals surface area contributed by atoms with Gasteiger partial charge in [-0.2, -0.15) is 5.10 Å². The van der Waals surface area contributed by atoms with Crippen LogP contribution in [0.3, 0.4) is 0 Å². The topological polar surface area (TPSA) is 119 Å². The monoisotopic (exact) mass is 417 g/mol. The quantitative estimate of drug-likeness (QED) is 0.447. The van der Waals surface area contributed by atoms with Gasteiger partial charge in [-0.15, -0.1) is 0 Å². The Labute approximate surface area is 178 Å². The predicted molar refractivity (Wildman–Crippen MR) is 117 cm³/mol. The van der Waals surface area contributed by atoms with Crippen molar-refractivity contribution in [2.24, 2.45) is 4.99 Å². The molecule has 0 spiro atoms. The molecule has 1 aromatic carbocycles. The van der Waals surface area contributed by atoms with E-state index in [1.807, 2.05) is 30.3 Å². The van der Waals surface area contributed by atoms with Crippen LogP contribution in [-0.4, -0.2) is 46.7 Å². The van der Waals surface area contributed by atoms with Gasteiger partial charge in [0.25, 0.3) is 5.91 Å². The van der Waals surface area contributed by atoms with Crippen LogP contribution in [0.1, 0.15) is 35.9 Å². The van der Waals surface area contributed by atoms with Crippen LogP contribution >= 0.6 is 0 Å². The molecule has 6 rings (SSSR count). The first-order valence-electron chi connectivity index (χ1n) is 10.5. The SMILES string of the molecule is CC1(c2cc(NC(=O)c3cc4cc(OC5=NCNC6=C5CNC6)ccc4[nH]3)[nH]n2)CC1. The minimum atomic E-state index is -0.218. The second kappa shape index (κ2) is 6.71. The number of carbonyl (C=O) groups is 1. The van der Waals surface area contributed by atoms with Crippen LogP contribution in [0, 0.1) is 0 Å². The number of anilines is 1. The minimum absolute atomic E-state index is 0.154. The molecule has 1 amide bonds. The third-order valence-corrected chi connectivity index (χ3v) is 6.24. The molecule has 0 saturated heterocycles. The van der Waals surface area contributed by atoms with Crippen molar-refractivity contribution in [2.45, 2.75) is 25.2 Å². The summed E-state index contributed by atoms with van der Waals surface area (Å²) in [6, 6.07) is 9.44. The summed E-state index contributed by atoms with van der Waals surface area (Å²) in [6.07, 6.45) is 2.27. The van der Waals surface area contributed by atoms with Crippen LogP contribution in [0.2, 0.25) is 0 Å². The average molecular weight is 417 g/mol. The molecule has 2 aliphatic heterocycles. The minimum Gasteiger partial charge on any atom is -0.439 e. The average Bonchev–Trinajstić information content (AvgIpc) is 3.18. The van der Waals surface area contributed by atoms with Gasteiger partial charge in [-0.25, -0.2) is 4.99 Å². The van der Waals surface area contributed by atoms with Crippen molar-refractivity contribution in [2.75, 3.05) is 25.1 Å². The number of aromatic amines is 2. The molecule has 2 aromatic heterocycles. The number of rotatable bonds is 4. The Morgan fingerprint density at radius 1 is 1.19 bits per heavy atom. The molecule has 1 aliphatic carbocycles. The van der Waals surface area contributed by atoms with Crippen LogP contribution in [-0.2, 0) is 5.41 Å². The van der Waals surface area contributed by atoms with Crippen LogP contribution in [0.4, 0.5) is 5.82 Å². The van der Waals surface area contributed by atoms with E-state index in [4.69, 9.17) is 4.74 Å². The normalized spacial score (nSPS) is 19.1. The second-order valence-corrected chi connectivity index (χ2v) is 8.57. The van der Waals surface area contributed by atoms with Crippen LogP contribution in [0.25, 0.3) is 10.9 Å². The number of H-pyrrole nitrogens is 2. The van der Waals surface area contributed by atoms with Gasteiger partial charge < -0.3 is 25.7 Å². The van der Waals surface area contributed by atoms with E-state index < -0.39 is 0 Å². The Bertz CT molecular complexity index is 1260. The zero-order valence-corrected chi connectivity index (χ0v) is 17.1. The van der Waals surface area contributed by atoms with Crippen LogP contribution < -0.4 is 20.7 Å². The number of hydrogen-bond donors (Lipinski definition) is 5. The van der Waals surface area contributed by atoms with Crippen molar-refractivity contribution in [1.82, 2.24) is 25.8 Å². The molecule has 3 aromatic rings. The van der Waals surface area contributed by atoms with E-state index in [1.54, 1.807) is 0 Å². The van der Waals surface area contributed by atoms with Crippen molar-refractivity contribution in [1.29, 1.82) is 0 Å². The number of ether oxygens (including phenoxy) is 1. The van der Waals surface area contributed by atoms with Gasteiger partial charge in [-0.3, -0.25) is 9.89 Å². The Morgan fingerprint density at radius 3 is 2.97 bits per heavy atom. The van der Waals surface area contributed by atoms with Gasteiger partial charge >= 0.3 is 0 Å². The molecule has 3 aliphatic rings. The van der Waals surface area contributed by atoms with E-state index in [-0.39, 0.29) is 11.3 Å². The lowest BCUT2D eigenvalue weighted by molar-refractivity contribution is 0.102. The molecule has 1 saturated carbocycles. The molecule has 0 atom stereocenters. The van der Waals surface area contributed by atoms with E-state index in [9.17, 15) is 4.79 Å². The lowest BCUT2D eigenvalue weighted by Gasteiger charge is -2.17. The molecule has 0 unspecified atom stereocenters. The molecular weight excluding hydrogens is 394 g/mol. The fraction of sp³-hybridized carbons (Fsp3) is 0.318. The summed E-state index contributed by atoms with van der Waals surface area (Å²) in [5.74, 6) is 1.72. The fourth-order valence-electron chi connectivity index (χ4n) is 4.03. The van der Waals surface area contributed by atoms with Gasteiger partial charge in [0.05, 0.1) is 5.69 Å². The summed E-state index contributed by atoms with van der Waals surface area (Å²) in [7, 11) is 0. The molecule has 4 heterocycles. The summed E-state index contributed by atoms with van der Waals surface area (Å²) in [4.78, 5) is 20.4. The number of aromatic nitrogens is 3. The number of aliphatic imine (C=N–C) groups is 1. The maximum absolute atomic E-state index is 12.7. The molecule has 5 N–H and O–H groups in total. The van der Waals surface area contributed by atoms with Crippen molar-refractivity contribution >= 4 is 28.5 Å². The zero-order chi connectivity index (χ0) is 21.0. The smallest absolute Gasteiger partial charge is 0.273 e.